The minimum absolute atomic E-state index is 0.000300. The van der Waals surface area contributed by atoms with E-state index in [1.807, 2.05) is 16.7 Å². The fourth-order valence-corrected chi connectivity index (χ4v) is 3.67. The van der Waals surface area contributed by atoms with E-state index in [1.165, 1.54) is 6.42 Å². The Morgan fingerprint density at radius 3 is 3.09 bits per heavy atom. The van der Waals surface area contributed by atoms with Crippen LogP contribution in [0.3, 0.4) is 0 Å². The van der Waals surface area contributed by atoms with Gasteiger partial charge < -0.3 is 15.4 Å². The lowest BCUT2D eigenvalue weighted by atomic mass is 9.99. The first kappa shape index (κ1) is 17.4. The highest BCUT2D eigenvalue weighted by Gasteiger charge is 2.26. The molecule has 1 aromatic carbocycles. The van der Waals surface area contributed by atoms with Crippen molar-refractivity contribution in [3.05, 3.63) is 28.8 Å². The molecule has 2 rings (SSSR count). The Hall–Kier alpha value is -0.910. The van der Waals surface area contributed by atoms with Gasteiger partial charge in [-0.3, -0.25) is 4.79 Å². The summed E-state index contributed by atoms with van der Waals surface area (Å²) in [5.74, 6) is 2.23. The van der Waals surface area contributed by atoms with E-state index in [1.54, 1.807) is 18.2 Å². The molecule has 2 N–H and O–H groups in total. The number of halogens is 1. The molecule has 0 radical (unpaired) electrons. The van der Waals surface area contributed by atoms with Gasteiger partial charge in [-0.2, -0.15) is 11.8 Å². The number of hydrogen-bond donors (Lipinski definition) is 1. The second-order valence-corrected chi connectivity index (χ2v) is 6.84. The van der Waals surface area contributed by atoms with Crippen molar-refractivity contribution in [3.63, 3.8) is 0 Å². The fourth-order valence-electron chi connectivity index (χ4n) is 2.76. The number of likely N-dealkylation sites (tertiary alicyclic amines) is 1. The highest BCUT2D eigenvalue weighted by Crippen LogP contribution is 2.27. The molecule has 4 nitrogen and oxygen atoms in total. The van der Waals surface area contributed by atoms with Gasteiger partial charge in [-0.1, -0.05) is 11.6 Å². The largest absolute Gasteiger partial charge is 0.491 e. The van der Waals surface area contributed by atoms with Crippen molar-refractivity contribution in [2.24, 2.45) is 11.7 Å². The average molecular weight is 343 g/mol. The van der Waals surface area contributed by atoms with Gasteiger partial charge in [-0.05, 0) is 49.0 Å². The molecule has 22 heavy (non-hydrogen) atoms. The molecule has 1 aliphatic rings. The zero-order chi connectivity index (χ0) is 15.9. The van der Waals surface area contributed by atoms with E-state index >= 15 is 0 Å². The number of rotatable bonds is 6. The molecule has 6 heteroatoms. The lowest BCUT2D eigenvalue weighted by Gasteiger charge is -2.33. The molecule has 0 aromatic heterocycles. The summed E-state index contributed by atoms with van der Waals surface area (Å²) in [4.78, 5) is 14.8. The first-order valence-corrected chi connectivity index (χ1v) is 9.33. The van der Waals surface area contributed by atoms with Crippen molar-refractivity contribution in [2.75, 3.05) is 38.2 Å². The molecule has 1 fully saturated rings. The van der Waals surface area contributed by atoms with Gasteiger partial charge in [0.25, 0.3) is 5.91 Å². The van der Waals surface area contributed by atoms with Gasteiger partial charge in [-0.25, -0.2) is 0 Å². The molecule has 0 bridgehead atoms. The van der Waals surface area contributed by atoms with Crippen LogP contribution in [0, 0.1) is 5.92 Å². The number of nitrogens with two attached hydrogens (primary N) is 1. The van der Waals surface area contributed by atoms with E-state index in [9.17, 15) is 4.79 Å². The molecule has 122 valence electrons. The molecule has 0 unspecified atom stereocenters. The van der Waals surface area contributed by atoms with Crippen molar-refractivity contribution in [3.8, 4) is 5.75 Å². The Morgan fingerprint density at radius 2 is 2.36 bits per heavy atom. The molecule has 1 aliphatic heterocycles. The quantitative estimate of drug-likeness (QED) is 0.863. The molecule has 1 amide bonds. The van der Waals surface area contributed by atoms with E-state index in [-0.39, 0.29) is 5.91 Å². The Bertz CT molecular complexity index is 511. The first-order valence-electron chi connectivity index (χ1n) is 7.56. The number of nitrogens with zero attached hydrogens (tertiary/aromatic N) is 1. The van der Waals surface area contributed by atoms with Crippen molar-refractivity contribution in [1.82, 2.24) is 4.90 Å². The van der Waals surface area contributed by atoms with Crippen molar-refractivity contribution < 1.29 is 9.53 Å². The van der Waals surface area contributed by atoms with Crippen LogP contribution in [0.4, 0.5) is 0 Å². The first-order chi connectivity index (χ1) is 10.7. The van der Waals surface area contributed by atoms with Gasteiger partial charge in [0, 0.05) is 24.7 Å². The zero-order valence-corrected chi connectivity index (χ0v) is 14.5. The van der Waals surface area contributed by atoms with Gasteiger partial charge in [0.1, 0.15) is 12.4 Å². The van der Waals surface area contributed by atoms with Crippen LogP contribution < -0.4 is 10.5 Å². The predicted octanol–water partition coefficient (Wildman–Crippen LogP) is 2.89. The van der Waals surface area contributed by atoms with Gasteiger partial charge in [0.2, 0.25) is 0 Å². The number of amides is 1. The third-order valence-corrected chi connectivity index (χ3v) is 4.80. The number of hydrogen-bond acceptors (Lipinski definition) is 4. The van der Waals surface area contributed by atoms with E-state index in [4.69, 9.17) is 22.1 Å². The second kappa shape index (κ2) is 8.65. The topological polar surface area (TPSA) is 55.6 Å². The second-order valence-electron chi connectivity index (χ2n) is 5.49. The van der Waals surface area contributed by atoms with Crippen LogP contribution in [-0.2, 0) is 0 Å². The summed E-state index contributed by atoms with van der Waals surface area (Å²) < 4.78 is 5.59. The van der Waals surface area contributed by atoms with Crippen LogP contribution >= 0.6 is 23.4 Å². The van der Waals surface area contributed by atoms with Crippen molar-refractivity contribution in [2.45, 2.75) is 12.8 Å². The SMILES string of the molecule is CSC[C@H]1CCCN(C(=O)c2cc(Cl)ccc2OCCN)C1. The van der Waals surface area contributed by atoms with E-state index < -0.39 is 0 Å². The minimum atomic E-state index is 0.000300. The van der Waals surface area contributed by atoms with Gasteiger partial charge in [0.15, 0.2) is 0 Å². The van der Waals surface area contributed by atoms with Crippen LogP contribution in [-0.4, -0.2) is 49.1 Å². The molecule has 1 saturated heterocycles. The van der Waals surface area contributed by atoms with Crippen LogP contribution in [0.1, 0.15) is 23.2 Å². The van der Waals surface area contributed by atoms with Gasteiger partial charge in [0.05, 0.1) is 5.56 Å². The van der Waals surface area contributed by atoms with Crippen LogP contribution in [0.5, 0.6) is 5.75 Å². The zero-order valence-electron chi connectivity index (χ0n) is 12.9. The molecule has 0 aliphatic carbocycles. The number of benzene rings is 1. The summed E-state index contributed by atoms with van der Waals surface area (Å²) in [5.41, 5.74) is 6.01. The summed E-state index contributed by atoms with van der Waals surface area (Å²) in [5, 5.41) is 0.543. The summed E-state index contributed by atoms with van der Waals surface area (Å²) in [6, 6.07) is 5.17. The Kier molecular flexibility index (Phi) is 6.86. The maximum absolute atomic E-state index is 12.8. The van der Waals surface area contributed by atoms with Crippen molar-refractivity contribution >= 4 is 29.3 Å². The lowest BCUT2D eigenvalue weighted by Crippen LogP contribution is -2.40. The molecule has 0 saturated carbocycles. The van der Waals surface area contributed by atoms with Crippen molar-refractivity contribution in [1.29, 1.82) is 0 Å². The Labute approximate surface area is 141 Å². The highest BCUT2D eigenvalue weighted by atomic mass is 35.5. The number of piperidine rings is 1. The number of thioether (sulfide) groups is 1. The van der Waals surface area contributed by atoms with Gasteiger partial charge >= 0.3 is 0 Å². The molecule has 1 aromatic rings. The average Bonchev–Trinajstić information content (AvgIpc) is 2.53. The molecular formula is C16H23ClN2O2S. The number of carbonyl (C=O) groups is 1. The third-order valence-electron chi connectivity index (χ3n) is 3.76. The fraction of sp³-hybridized carbons (Fsp3) is 0.562. The van der Waals surface area contributed by atoms with E-state index in [0.29, 0.717) is 35.4 Å². The summed E-state index contributed by atoms with van der Waals surface area (Å²) in [6.45, 7) is 2.40. The smallest absolute Gasteiger partial charge is 0.257 e. The third kappa shape index (κ3) is 4.54. The summed E-state index contributed by atoms with van der Waals surface area (Å²) in [7, 11) is 0. The minimum Gasteiger partial charge on any atom is -0.491 e. The monoisotopic (exact) mass is 342 g/mol. The lowest BCUT2D eigenvalue weighted by molar-refractivity contribution is 0.0681. The number of ether oxygens (including phenoxy) is 1. The molecule has 0 spiro atoms. The van der Waals surface area contributed by atoms with Gasteiger partial charge in [-0.15, -0.1) is 0 Å². The van der Waals surface area contributed by atoms with Crippen LogP contribution in [0.25, 0.3) is 0 Å². The van der Waals surface area contributed by atoms with Crippen LogP contribution in [0.15, 0.2) is 18.2 Å². The van der Waals surface area contributed by atoms with E-state index in [2.05, 4.69) is 6.26 Å². The molecular weight excluding hydrogens is 320 g/mol. The number of carbonyl (C=O) groups excluding carboxylic acids is 1. The Balaban J connectivity index is 2.15. The standard InChI is InChI=1S/C16H23ClN2O2S/c1-22-11-12-3-2-7-19(10-12)16(20)14-9-13(17)4-5-15(14)21-8-6-18/h4-5,9,12H,2-3,6-8,10-11,18H2,1H3/t12-/m0/s1. The highest BCUT2D eigenvalue weighted by molar-refractivity contribution is 7.98. The maximum atomic E-state index is 12.8. The van der Waals surface area contributed by atoms with E-state index in [0.717, 1.165) is 25.3 Å². The Morgan fingerprint density at radius 1 is 1.55 bits per heavy atom. The molecule has 1 atom stereocenters. The summed E-state index contributed by atoms with van der Waals surface area (Å²) in [6.07, 6.45) is 4.35. The summed E-state index contributed by atoms with van der Waals surface area (Å²) >= 11 is 7.89. The predicted molar refractivity (Wildman–Crippen MR) is 93.0 cm³/mol. The van der Waals surface area contributed by atoms with Crippen LogP contribution in [0.2, 0.25) is 5.02 Å². The normalized spacial score (nSPS) is 18.3. The maximum Gasteiger partial charge on any atom is 0.257 e. The molecule has 1 heterocycles.